The molecule has 114 valence electrons. The number of anilines is 1. The molecule has 1 fully saturated rings. The van der Waals surface area contributed by atoms with E-state index in [4.69, 9.17) is 11.6 Å². The molecule has 0 aliphatic heterocycles. The van der Waals surface area contributed by atoms with Gasteiger partial charge < -0.3 is 16.1 Å². The minimum absolute atomic E-state index is 0.600. The monoisotopic (exact) mass is 295 g/mol. The Hall–Kier alpha value is -2.53. The van der Waals surface area contributed by atoms with Crippen LogP contribution in [0.25, 0.3) is 16.5 Å². The Morgan fingerprint density at radius 3 is 2.82 bits per heavy atom. The number of aromatic nitrogens is 1. The van der Waals surface area contributed by atoms with Crippen LogP contribution in [-0.4, -0.2) is 17.0 Å². The van der Waals surface area contributed by atoms with Crippen molar-refractivity contribution in [2.45, 2.75) is 12.8 Å². The zero-order chi connectivity index (χ0) is 15.7. The first-order chi connectivity index (χ1) is 10.5. The van der Waals surface area contributed by atoms with Crippen LogP contribution in [0.2, 0.25) is 0 Å². The molecule has 1 heterocycles. The first kappa shape index (κ1) is 14.4. The summed E-state index contributed by atoms with van der Waals surface area (Å²) in [4.78, 5) is 4.43. The first-order valence-corrected chi connectivity index (χ1v) is 7.34. The van der Waals surface area contributed by atoms with Crippen LogP contribution in [0, 0.1) is 5.92 Å². The quantitative estimate of drug-likeness (QED) is 0.583. The normalized spacial score (nSPS) is 14.9. The van der Waals surface area contributed by atoms with Gasteiger partial charge in [-0.25, -0.2) is 10.8 Å². The minimum atomic E-state index is 0.600. The van der Waals surface area contributed by atoms with E-state index in [0.29, 0.717) is 11.6 Å². The summed E-state index contributed by atoms with van der Waals surface area (Å²) >= 11 is 0. The zero-order valence-corrected chi connectivity index (χ0v) is 12.7. The van der Waals surface area contributed by atoms with Gasteiger partial charge >= 0.3 is 0 Å². The number of allylic oxidation sites excluding steroid dienone is 1. The maximum Gasteiger partial charge on any atom is 0.130 e. The number of nitrogens with zero attached hydrogens (tertiary/aromatic N) is 2. The van der Waals surface area contributed by atoms with Gasteiger partial charge in [0.15, 0.2) is 0 Å². The highest BCUT2D eigenvalue weighted by molar-refractivity contribution is 5.87. The van der Waals surface area contributed by atoms with Gasteiger partial charge in [-0.15, -0.1) is 0 Å². The predicted molar refractivity (Wildman–Crippen MR) is 91.3 cm³/mol. The molecule has 5 N–H and O–H groups in total. The van der Waals surface area contributed by atoms with Gasteiger partial charge in [-0.3, -0.25) is 0 Å². The summed E-state index contributed by atoms with van der Waals surface area (Å²) in [5.41, 5.74) is 8.65. The van der Waals surface area contributed by atoms with Gasteiger partial charge in [-0.05, 0) is 41.8 Å². The van der Waals surface area contributed by atoms with E-state index in [1.54, 1.807) is 13.2 Å². The third-order valence-electron chi connectivity index (χ3n) is 3.76. The van der Waals surface area contributed by atoms with Crippen LogP contribution in [0.4, 0.5) is 5.82 Å². The van der Waals surface area contributed by atoms with Crippen molar-refractivity contribution in [3.8, 4) is 0 Å². The van der Waals surface area contributed by atoms with Gasteiger partial charge in [-0.1, -0.05) is 18.7 Å². The molecular formula is C17H21N5. The van der Waals surface area contributed by atoms with E-state index in [2.05, 4.69) is 16.9 Å². The molecule has 1 aliphatic rings. The van der Waals surface area contributed by atoms with E-state index in [1.807, 2.05) is 30.5 Å². The second-order valence-corrected chi connectivity index (χ2v) is 5.81. The Morgan fingerprint density at radius 1 is 1.36 bits per heavy atom. The summed E-state index contributed by atoms with van der Waals surface area (Å²) in [6.45, 7) is 4.07. The SMILES string of the molecule is C=C(Nc1cc2cc(/C(N)=C/N(C)N)ccc2cn1)C1CC1. The fraction of sp³-hybridized carbons (Fsp3) is 0.235. The van der Waals surface area contributed by atoms with Crippen LogP contribution < -0.4 is 16.9 Å². The van der Waals surface area contributed by atoms with Crippen molar-refractivity contribution in [2.24, 2.45) is 17.5 Å². The van der Waals surface area contributed by atoms with E-state index in [0.717, 1.165) is 27.9 Å². The molecule has 0 radical (unpaired) electrons. The van der Waals surface area contributed by atoms with Crippen molar-refractivity contribution >= 4 is 22.3 Å². The number of nitrogens with one attached hydrogen (secondary N) is 1. The van der Waals surface area contributed by atoms with Gasteiger partial charge in [0.25, 0.3) is 0 Å². The molecule has 5 heteroatoms. The summed E-state index contributed by atoms with van der Waals surface area (Å²) < 4.78 is 0. The molecule has 1 aromatic carbocycles. The smallest absolute Gasteiger partial charge is 0.130 e. The van der Waals surface area contributed by atoms with Gasteiger partial charge in [-0.2, -0.15) is 0 Å². The number of benzene rings is 1. The molecule has 3 rings (SSSR count). The number of hydrazine groups is 1. The number of nitrogens with two attached hydrogens (primary N) is 2. The van der Waals surface area contributed by atoms with E-state index in [9.17, 15) is 0 Å². The van der Waals surface area contributed by atoms with Crippen LogP contribution in [-0.2, 0) is 0 Å². The minimum Gasteiger partial charge on any atom is -0.397 e. The Balaban J connectivity index is 1.90. The third-order valence-corrected chi connectivity index (χ3v) is 3.76. The van der Waals surface area contributed by atoms with Gasteiger partial charge in [0.2, 0.25) is 0 Å². The number of fused-ring (bicyclic) bond motifs is 1. The summed E-state index contributed by atoms with van der Waals surface area (Å²) in [7, 11) is 1.74. The Morgan fingerprint density at radius 2 is 2.14 bits per heavy atom. The van der Waals surface area contributed by atoms with Crippen LogP contribution in [0.3, 0.4) is 0 Å². The highest BCUT2D eigenvalue weighted by Crippen LogP contribution is 2.35. The van der Waals surface area contributed by atoms with Crippen molar-refractivity contribution in [1.82, 2.24) is 9.99 Å². The highest BCUT2D eigenvalue weighted by atomic mass is 15.4. The molecule has 0 atom stereocenters. The topological polar surface area (TPSA) is 80.2 Å². The van der Waals surface area contributed by atoms with Crippen LogP contribution in [0.5, 0.6) is 0 Å². The zero-order valence-electron chi connectivity index (χ0n) is 12.7. The number of pyridine rings is 1. The first-order valence-electron chi connectivity index (χ1n) is 7.34. The van der Waals surface area contributed by atoms with Crippen molar-refractivity contribution in [2.75, 3.05) is 12.4 Å². The fourth-order valence-electron chi connectivity index (χ4n) is 2.38. The molecule has 0 saturated heterocycles. The molecule has 22 heavy (non-hydrogen) atoms. The summed E-state index contributed by atoms with van der Waals surface area (Å²) in [6, 6.07) is 8.03. The molecule has 0 spiro atoms. The lowest BCUT2D eigenvalue weighted by atomic mass is 10.1. The van der Waals surface area contributed by atoms with E-state index in [1.165, 1.54) is 17.9 Å². The van der Waals surface area contributed by atoms with Crippen LogP contribution >= 0.6 is 0 Å². The van der Waals surface area contributed by atoms with E-state index < -0.39 is 0 Å². The number of rotatable bonds is 5. The second-order valence-electron chi connectivity index (χ2n) is 5.81. The predicted octanol–water partition coefficient (Wildman–Crippen LogP) is 2.63. The molecular weight excluding hydrogens is 274 g/mol. The molecule has 0 unspecified atom stereocenters. The van der Waals surface area contributed by atoms with Gasteiger partial charge in [0.1, 0.15) is 5.82 Å². The van der Waals surface area contributed by atoms with Crippen LogP contribution in [0.15, 0.2) is 48.9 Å². The molecule has 1 aliphatic carbocycles. The summed E-state index contributed by atoms with van der Waals surface area (Å²) in [6.07, 6.45) is 5.99. The molecule has 0 bridgehead atoms. The van der Waals surface area contributed by atoms with Gasteiger partial charge in [0, 0.05) is 30.5 Å². The highest BCUT2D eigenvalue weighted by Gasteiger charge is 2.24. The lowest BCUT2D eigenvalue weighted by Crippen LogP contribution is -2.20. The molecule has 1 aromatic heterocycles. The van der Waals surface area contributed by atoms with Crippen molar-refractivity contribution in [1.29, 1.82) is 0 Å². The lowest BCUT2D eigenvalue weighted by molar-refractivity contribution is 0.486. The standard InChI is InChI=1S/C17H21N5/c1-11(12-3-4-12)21-17-8-15-7-13(16(18)10-22(2)19)5-6-14(15)9-20-17/h5-10,12H,1,3-4,18-19H2,2H3,(H,20,21)/b16-10-. The largest absolute Gasteiger partial charge is 0.397 e. The Bertz CT molecular complexity index is 744. The van der Waals surface area contributed by atoms with Gasteiger partial charge in [0.05, 0.1) is 5.70 Å². The summed E-state index contributed by atoms with van der Waals surface area (Å²) in [5.74, 6) is 7.02. The van der Waals surface area contributed by atoms with E-state index >= 15 is 0 Å². The Labute approximate surface area is 130 Å². The maximum atomic E-state index is 6.05. The van der Waals surface area contributed by atoms with Crippen LogP contribution in [0.1, 0.15) is 18.4 Å². The fourth-order valence-corrected chi connectivity index (χ4v) is 2.38. The summed E-state index contributed by atoms with van der Waals surface area (Å²) in [5, 5.41) is 6.89. The lowest BCUT2D eigenvalue weighted by Gasteiger charge is -2.11. The Kier molecular flexibility index (Phi) is 3.73. The molecule has 0 amide bonds. The molecule has 1 saturated carbocycles. The average molecular weight is 295 g/mol. The van der Waals surface area contributed by atoms with Crippen molar-refractivity contribution in [3.63, 3.8) is 0 Å². The van der Waals surface area contributed by atoms with Crippen molar-refractivity contribution < 1.29 is 0 Å². The number of hydrogen-bond donors (Lipinski definition) is 3. The molecule has 5 nitrogen and oxygen atoms in total. The average Bonchev–Trinajstić information content (AvgIpc) is 3.30. The van der Waals surface area contributed by atoms with E-state index in [-0.39, 0.29) is 0 Å². The molecule has 2 aromatic rings. The third kappa shape index (κ3) is 3.20. The maximum absolute atomic E-state index is 6.05. The van der Waals surface area contributed by atoms with Crippen molar-refractivity contribution in [3.05, 3.63) is 54.5 Å². The second kappa shape index (κ2) is 5.69. The number of hydrogen-bond acceptors (Lipinski definition) is 5.